The van der Waals surface area contributed by atoms with E-state index in [0.29, 0.717) is 4.90 Å². The third-order valence-electron chi connectivity index (χ3n) is 6.13. The molecular formula is C24H26N4O3S. The van der Waals surface area contributed by atoms with Crippen molar-refractivity contribution < 1.29 is 13.2 Å². The van der Waals surface area contributed by atoms with E-state index in [4.69, 9.17) is 4.74 Å². The van der Waals surface area contributed by atoms with Crippen LogP contribution < -0.4 is 14.5 Å². The first-order valence-corrected chi connectivity index (χ1v) is 12.8. The van der Waals surface area contributed by atoms with Crippen molar-refractivity contribution in [3.05, 3.63) is 66.5 Å². The molecule has 2 aliphatic heterocycles. The number of hydrogen-bond donors (Lipinski definition) is 0. The molecule has 0 amide bonds. The van der Waals surface area contributed by atoms with Crippen LogP contribution in [-0.4, -0.2) is 50.4 Å². The van der Waals surface area contributed by atoms with Gasteiger partial charge in [-0.2, -0.15) is 0 Å². The lowest BCUT2D eigenvalue weighted by molar-refractivity contribution is 0.169. The lowest BCUT2D eigenvalue weighted by Crippen LogP contribution is -2.39. The molecule has 0 aliphatic carbocycles. The molecule has 5 rings (SSSR count). The quantitative estimate of drug-likeness (QED) is 0.588. The molecule has 1 saturated heterocycles. The second-order valence-electron chi connectivity index (χ2n) is 8.27. The zero-order valence-corrected chi connectivity index (χ0v) is 18.8. The van der Waals surface area contributed by atoms with Gasteiger partial charge < -0.3 is 14.5 Å². The first kappa shape index (κ1) is 20.8. The van der Waals surface area contributed by atoms with Crippen LogP contribution in [0.25, 0.3) is 0 Å². The Morgan fingerprint density at radius 2 is 1.66 bits per heavy atom. The highest BCUT2D eigenvalue weighted by Gasteiger charge is 2.27. The fourth-order valence-corrected chi connectivity index (χ4v) is 5.09. The molecule has 0 unspecified atom stereocenters. The lowest BCUT2D eigenvalue weighted by Gasteiger charge is -2.32. The van der Waals surface area contributed by atoms with Crippen molar-refractivity contribution in [1.29, 1.82) is 0 Å². The predicted molar refractivity (Wildman–Crippen MR) is 125 cm³/mol. The molecule has 0 saturated carbocycles. The van der Waals surface area contributed by atoms with Gasteiger partial charge in [-0.05, 0) is 48.9 Å². The number of rotatable bonds is 5. The van der Waals surface area contributed by atoms with Gasteiger partial charge in [-0.3, -0.25) is 0 Å². The minimum Gasteiger partial charge on any atom is -0.490 e. The molecule has 0 atom stereocenters. The molecule has 8 heteroatoms. The van der Waals surface area contributed by atoms with Crippen LogP contribution in [0.4, 0.5) is 17.3 Å². The maximum absolute atomic E-state index is 11.8. The van der Waals surface area contributed by atoms with Crippen LogP contribution in [0.15, 0.2) is 65.8 Å². The third-order valence-corrected chi connectivity index (χ3v) is 7.26. The molecule has 1 aromatic heterocycles. The van der Waals surface area contributed by atoms with Gasteiger partial charge in [0.05, 0.1) is 4.90 Å². The molecule has 2 aliphatic rings. The Bertz CT molecular complexity index is 1190. The maximum Gasteiger partial charge on any atom is 0.225 e. The van der Waals surface area contributed by atoms with E-state index in [2.05, 4.69) is 31.9 Å². The van der Waals surface area contributed by atoms with Crippen molar-refractivity contribution in [2.24, 2.45) is 0 Å². The van der Waals surface area contributed by atoms with Crippen LogP contribution in [0, 0.1) is 0 Å². The molecule has 0 radical (unpaired) electrons. The first-order valence-electron chi connectivity index (χ1n) is 10.9. The molecule has 32 heavy (non-hydrogen) atoms. The number of hydrogen-bond acceptors (Lipinski definition) is 7. The molecule has 166 valence electrons. The van der Waals surface area contributed by atoms with Gasteiger partial charge in [0.15, 0.2) is 9.84 Å². The van der Waals surface area contributed by atoms with Gasteiger partial charge >= 0.3 is 0 Å². The normalized spacial score (nSPS) is 16.8. The number of fused-ring (bicyclic) bond motifs is 1. The van der Waals surface area contributed by atoms with Gasteiger partial charge in [-0.25, -0.2) is 18.4 Å². The lowest BCUT2D eigenvalue weighted by atomic mass is 10.1. The predicted octanol–water partition coefficient (Wildman–Crippen LogP) is 3.62. The summed E-state index contributed by atoms with van der Waals surface area (Å²) in [4.78, 5) is 13.5. The molecule has 2 aromatic carbocycles. The largest absolute Gasteiger partial charge is 0.490 e. The summed E-state index contributed by atoms with van der Waals surface area (Å²) in [6.07, 6.45) is 7.71. The molecular weight excluding hydrogens is 424 g/mol. The zero-order valence-electron chi connectivity index (χ0n) is 18.0. The van der Waals surface area contributed by atoms with Crippen molar-refractivity contribution in [2.45, 2.75) is 30.3 Å². The van der Waals surface area contributed by atoms with E-state index < -0.39 is 9.84 Å². The van der Waals surface area contributed by atoms with Crippen LogP contribution in [-0.2, 0) is 16.3 Å². The molecule has 0 N–H and O–H groups in total. The smallest absolute Gasteiger partial charge is 0.225 e. The first-order chi connectivity index (χ1) is 15.5. The Kier molecular flexibility index (Phi) is 5.46. The SMILES string of the molecule is CS(=O)(=O)c1ccc(N2CCc3c(OC4CCN(c5ncccn5)CC4)cccc32)cc1. The van der Waals surface area contributed by atoms with Gasteiger partial charge in [-0.15, -0.1) is 0 Å². The van der Waals surface area contributed by atoms with E-state index in [9.17, 15) is 8.42 Å². The summed E-state index contributed by atoms with van der Waals surface area (Å²) in [5.41, 5.74) is 3.34. The van der Waals surface area contributed by atoms with Gasteiger partial charge in [0.2, 0.25) is 5.95 Å². The van der Waals surface area contributed by atoms with E-state index in [0.717, 1.165) is 62.0 Å². The second kappa shape index (κ2) is 8.43. The van der Waals surface area contributed by atoms with E-state index in [-0.39, 0.29) is 6.10 Å². The monoisotopic (exact) mass is 450 g/mol. The minimum atomic E-state index is -3.20. The fourth-order valence-electron chi connectivity index (χ4n) is 4.46. The Morgan fingerprint density at radius 3 is 2.34 bits per heavy atom. The average Bonchev–Trinajstić information content (AvgIpc) is 3.25. The molecule has 1 fully saturated rings. The highest BCUT2D eigenvalue weighted by molar-refractivity contribution is 7.90. The minimum absolute atomic E-state index is 0.171. The van der Waals surface area contributed by atoms with Crippen molar-refractivity contribution in [1.82, 2.24) is 9.97 Å². The average molecular weight is 451 g/mol. The van der Waals surface area contributed by atoms with Crippen molar-refractivity contribution in [3.8, 4) is 5.75 Å². The molecule has 3 aromatic rings. The number of benzene rings is 2. The van der Waals surface area contributed by atoms with Gasteiger partial charge in [-0.1, -0.05) is 6.07 Å². The van der Waals surface area contributed by atoms with Gasteiger partial charge in [0.25, 0.3) is 0 Å². The second-order valence-corrected chi connectivity index (χ2v) is 10.3. The summed E-state index contributed by atoms with van der Waals surface area (Å²) >= 11 is 0. The summed E-state index contributed by atoms with van der Waals surface area (Å²) in [5, 5.41) is 0. The van der Waals surface area contributed by atoms with Crippen LogP contribution in [0.5, 0.6) is 5.75 Å². The summed E-state index contributed by atoms with van der Waals surface area (Å²) in [6, 6.07) is 15.1. The van der Waals surface area contributed by atoms with Crippen LogP contribution >= 0.6 is 0 Å². The number of ether oxygens (including phenoxy) is 1. The maximum atomic E-state index is 11.8. The summed E-state index contributed by atoms with van der Waals surface area (Å²) in [6.45, 7) is 2.60. The standard InChI is InChI=1S/C24H26N4O3S/c1-32(29,30)20-8-6-18(7-9-20)28-17-12-21-22(28)4-2-5-23(21)31-19-10-15-27(16-11-19)24-25-13-3-14-26-24/h2-9,13-14,19H,10-12,15-17H2,1H3. The van der Waals surface area contributed by atoms with E-state index in [1.54, 1.807) is 24.5 Å². The van der Waals surface area contributed by atoms with Gasteiger partial charge in [0.1, 0.15) is 11.9 Å². The van der Waals surface area contributed by atoms with Crippen LogP contribution in [0.2, 0.25) is 0 Å². The Labute approximate surface area is 188 Å². The number of sulfone groups is 1. The van der Waals surface area contributed by atoms with E-state index in [1.165, 1.54) is 11.8 Å². The van der Waals surface area contributed by atoms with Gasteiger partial charge in [0, 0.05) is 68.1 Å². The van der Waals surface area contributed by atoms with Crippen LogP contribution in [0.3, 0.4) is 0 Å². The topological polar surface area (TPSA) is 75.6 Å². The van der Waals surface area contributed by atoms with Crippen molar-refractivity contribution >= 4 is 27.2 Å². The summed E-state index contributed by atoms with van der Waals surface area (Å²) < 4.78 is 30.0. The number of aromatic nitrogens is 2. The van der Waals surface area contributed by atoms with Crippen molar-refractivity contribution in [2.75, 3.05) is 35.7 Å². The molecule has 0 spiro atoms. The summed E-state index contributed by atoms with van der Waals surface area (Å²) in [5.74, 6) is 1.73. The summed E-state index contributed by atoms with van der Waals surface area (Å²) in [7, 11) is -3.20. The third kappa shape index (κ3) is 4.14. The molecule has 7 nitrogen and oxygen atoms in total. The molecule has 0 bridgehead atoms. The van der Waals surface area contributed by atoms with E-state index >= 15 is 0 Å². The van der Waals surface area contributed by atoms with Crippen LogP contribution in [0.1, 0.15) is 18.4 Å². The Balaban J connectivity index is 1.29. The van der Waals surface area contributed by atoms with E-state index in [1.807, 2.05) is 24.3 Å². The number of anilines is 3. The Hall–Kier alpha value is -3.13. The Morgan fingerprint density at radius 1 is 0.938 bits per heavy atom. The number of nitrogens with zero attached hydrogens (tertiary/aromatic N) is 4. The molecule has 3 heterocycles. The van der Waals surface area contributed by atoms with Crippen molar-refractivity contribution in [3.63, 3.8) is 0 Å². The zero-order chi connectivity index (χ0) is 22.1. The fraction of sp³-hybridized carbons (Fsp3) is 0.333. The highest BCUT2D eigenvalue weighted by atomic mass is 32.2. The number of piperidine rings is 1. The highest BCUT2D eigenvalue weighted by Crippen LogP contribution is 2.40.